The summed E-state index contributed by atoms with van der Waals surface area (Å²) < 4.78 is 34.2. The Morgan fingerprint density at radius 1 is 1.07 bits per heavy atom. The van der Waals surface area contributed by atoms with Gasteiger partial charge < -0.3 is 9.64 Å². The number of nitrogens with one attached hydrogen (secondary N) is 1. The van der Waals surface area contributed by atoms with Crippen molar-refractivity contribution in [1.82, 2.24) is 9.62 Å². The number of hydrogen-bond donors (Lipinski definition) is 1. The maximum atomic E-state index is 13.0. The third-order valence-corrected chi connectivity index (χ3v) is 6.44. The Hall–Kier alpha value is -2.12. The first kappa shape index (κ1) is 20.6. The van der Waals surface area contributed by atoms with Crippen molar-refractivity contribution in [3.8, 4) is 0 Å². The standard InChI is InChI=1S/C21H28N2O4S/c1-15-9-10-19(18-8-6-5-7-17(15)18)28(25,26)22-16-11-13-23(14-12-16)20(24)27-21(2,3)4/h5-10,16,22H,11-14H2,1-4H3. The fraction of sp³-hybridized carbons (Fsp3) is 0.476. The maximum Gasteiger partial charge on any atom is 0.410 e. The first-order valence-corrected chi connectivity index (χ1v) is 11.0. The molecule has 1 saturated heterocycles. The first-order chi connectivity index (χ1) is 13.1. The topological polar surface area (TPSA) is 75.7 Å². The van der Waals surface area contributed by atoms with Crippen molar-refractivity contribution in [1.29, 1.82) is 0 Å². The number of hydrogen-bond acceptors (Lipinski definition) is 4. The normalized spacial score (nSPS) is 16.4. The minimum absolute atomic E-state index is 0.205. The Bertz CT molecular complexity index is 972. The molecular weight excluding hydrogens is 376 g/mol. The number of fused-ring (bicyclic) bond motifs is 1. The second-order valence-corrected chi connectivity index (χ2v) is 9.97. The monoisotopic (exact) mass is 404 g/mol. The summed E-state index contributed by atoms with van der Waals surface area (Å²) >= 11 is 0. The molecule has 1 aliphatic rings. The molecule has 2 aromatic rings. The highest BCUT2D eigenvalue weighted by Gasteiger charge is 2.29. The van der Waals surface area contributed by atoms with Crippen molar-refractivity contribution in [2.24, 2.45) is 0 Å². The molecule has 152 valence electrons. The summed E-state index contributed by atoms with van der Waals surface area (Å²) in [5.41, 5.74) is 0.502. The lowest BCUT2D eigenvalue weighted by Crippen LogP contribution is -2.47. The Balaban J connectivity index is 1.70. The van der Waals surface area contributed by atoms with Gasteiger partial charge >= 0.3 is 6.09 Å². The number of likely N-dealkylation sites (tertiary alicyclic amines) is 1. The zero-order chi connectivity index (χ0) is 20.5. The second-order valence-electron chi connectivity index (χ2n) is 8.29. The van der Waals surface area contributed by atoms with E-state index in [0.717, 1.165) is 16.3 Å². The van der Waals surface area contributed by atoms with Crippen LogP contribution < -0.4 is 4.72 Å². The Morgan fingerprint density at radius 2 is 1.68 bits per heavy atom. The average Bonchev–Trinajstić information content (AvgIpc) is 2.61. The van der Waals surface area contributed by atoms with E-state index in [1.807, 2.05) is 58.0 Å². The summed E-state index contributed by atoms with van der Waals surface area (Å²) in [4.78, 5) is 14.1. The van der Waals surface area contributed by atoms with Gasteiger partial charge in [-0.1, -0.05) is 30.3 Å². The summed E-state index contributed by atoms with van der Waals surface area (Å²) in [5.74, 6) is 0. The predicted octanol–water partition coefficient (Wildman–Crippen LogP) is 3.83. The number of sulfonamides is 1. The molecule has 1 aliphatic heterocycles. The molecule has 1 heterocycles. The van der Waals surface area contributed by atoms with Crippen LogP contribution in [0.15, 0.2) is 41.3 Å². The van der Waals surface area contributed by atoms with Crippen LogP contribution in [0.1, 0.15) is 39.2 Å². The number of aryl methyl sites for hydroxylation is 1. The molecule has 0 spiro atoms. The smallest absolute Gasteiger partial charge is 0.410 e. The van der Waals surface area contributed by atoms with Crippen molar-refractivity contribution in [3.63, 3.8) is 0 Å². The number of piperidine rings is 1. The molecular formula is C21H28N2O4S. The quantitative estimate of drug-likeness (QED) is 0.844. The van der Waals surface area contributed by atoms with Gasteiger partial charge in [0, 0.05) is 24.5 Å². The van der Waals surface area contributed by atoms with Crippen molar-refractivity contribution in [3.05, 3.63) is 42.0 Å². The molecule has 1 fully saturated rings. The van der Waals surface area contributed by atoms with E-state index in [1.54, 1.807) is 11.0 Å². The third kappa shape index (κ3) is 4.64. The van der Waals surface area contributed by atoms with E-state index in [-0.39, 0.29) is 12.1 Å². The van der Waals surface area contributed by atoms with Gasteiger partial charge in [-0.25, -0.2) is 17.9 Å². The fourth-order valence-electron chi connectivity index (χ4n) is 3.45. The van der Waals surface area contributed by atoms with Gasteiger partial charge in [0.2, 0.25) is 10.0 Å². The zero-order valence-electron chi connectivity index (χ0n) is 16.9. The lowest BCUT2D eigenvalue weighted by Gasteiger charge is -2.33. The molecule has 28 heavy (non-hydrogen) atoms. The largest absolute Gasteiger partial charge is 0.444 e. The van der Waals surface area contributed by atoms with Gasteiger partial charge in [-0.2, -0.15) is 0 Å². The number of ether oxygens (including phenoxy) is 1. The fourth-order valence-corrected chi connectivity index (χ4v) is 4.96. The van der Waals surface area contributed by atoms with Crippen LogP contribution in [-0.4, -0.2) is 44.1 Å². The van der Waals surface area contributed by atoms with E-state index in [2.05, 4.69) is 4.72 Å². The predicted molar refractivity (Wildman–Crippen MR) is 110 cm³/mol. The molecule has 2 aromatic carbocycles. The number of carbonyl (C=O) groups is 1. The highest BCUT2D eigenvalue weighted by atomic mass is 32.2. The van der Waals surface area contributed by atoms with Crippen molar-refractivity contribution in [2.45, 2.75) is 57.1 Å². The molecule has 0 atom stereocenters. The molecule has 7 heteroatoms. The van der Waals surface area contributed by atoms with Gasteiger partial charge in [-0.15, -0.1) is 0 Å². The summed E-state index contributed by atoms with van der Waals surface area (Å²) in [7, 11) is -3.65. The summed E-state index contributed by atoms with van der Waals surface area (Å²) in [6, 6.07) is 10.8. The zero-order valence-corrected chi connectivity index (χ0v) is 17.7. The van der Waals surface area contributed by atoms with E-state index < -0.39 is 15.6 Å². The number of amides is 1. The first-order valence-electron chi connectivity index (χ1n) is 9.55. The van der Waals surface area contributed by atoms with Crippen molar-refractivity contribution in [2.75, 3.05) is 13.1 Å². The molecule has 0 aliphatic carbocycles. The van der Waals surface area contributed by atoms with Gasteiger partial charge in [0.1, 0.15) is 5.60 Å². The molecule has 0 unspecified atom stereocenters. The number of rotatable bonds is 3. The van der Waals surface area contributed by atoms with Crippen LogP contribution in [-0.2, 0) is 14.8 Å². The second kappa shape index (κ2) is 7.72. The van der Waals surface area contributed by atoms with E-state index in [0.29, 0.717) is 30.8 Å². The van der Waals surface area contributed by atoms with Crippen LogP contribution in [0.5, 0.6) is 0 Å². The molecule has 0 saturated carbocycles. The lowest BCUT2D eigenvalue weighted by molar-refractivity contribution is 0.0203. The molecule has 1 N–H and O–H groups in total. The Morgan fingerprint density at radius 3 is 2.29 bits per heavy atom. The maximum absolute atomic E-state index is 13.0. The summed E-state index contributed by atoms with van der Waals surface area (Å²) in [6.45, 7) is 8.40. The van der Waals surface area contributed by atoms with Crippen LogP contribution >= 0.6 is 0 Å². The summed E-state index contributed by atoms with van der Waals surface area (Å²) in [5, 5.41) is 1.66. The van der Waals surface area contributed by atoms with Gasteiger partial charge in [0.25, 0.3) is 0 Å². The number of carbonyl (C=O) groups excluding carboxylic acids is 1. The van der Waals surface area contributed by atoms with Gasteiger partial charge in [0.15, 0.2) is 0 Å². The van der Waals surface area contributed by atoms with Crippen LogP contribution in [0.3, 0.4) is 0 Å². The highest BCUT2D eigenvalue weighted by Crippen LogP contribution is 2.26. The minimum Gasteiger partial charge on any atom is -0.444 e. The Labute approximate surface area is 166 Å². The average molecular weight is 405 g/mol. The van der Waals surface area contributed by atoms with E-state index in [4.69, 9.17) is 4.74 Å². The van der Waals surface area contributed by atoms with Gasteiger partial charge in [-0.05, 0) is 57.6 Å². The highest BCUT2D eigenvalue weighted by molar-refractivity contribution is 7.89. The third-order valence-electron chi connectivity index (χ3n) is 4.86. The van der Waals surface area contributed by atoms with Crippen molar-refractivity contribution >= 4 is 26.9 Å². The van der Waals surface area contributed by atoms with E-state index in [1.165, 1.54) is 0 Å². The Kier molecular flexibility index (Phi) is 5.68. The van der Waals surface area contributed by atoms with Gasteiger partial charge in [-0.3, -0.25) is 0 Å². The van der Waals surface area contributed by atoms with Crippen LogP contribution in [0.4, 0.5) is 4.79 Å². The van der Waals surface area contributed by atoms with E-state index in [9.17, 15) is 13.2 Å². The lowest BCUT2D eigenvalue weighted by atomic mass is 10.1. The van der Waals surface area contributed by atoms with Crippen LogP contribution in [0.2, 0.25) is 0 Å². The molecule has 1 amide bonds. The van der Waals surface area contributed by atoms with E-state index >= 15 is 0 Å². The van der Waals surface area contributed by atoms with Crippen LogP contribution in [0.25, 0.3) is 10.8 Å². The molecule has 3 rings (SSSR count). The van der Waals surface area contributed by atoms with Crippen LogP contribution in [0, 0.1) is 6.92 Å². The number of benzene rings is 2. The minimum atomic E-state index is -3.65. The molecule has 6 nitrogen and oxygen atoms in total. The van der Waals surface area contributed by atoms with Gasteiger partial charge in [0.05, 0.1) is 4.90 Å². The summed E-state index contributed by atoms with van der Waals surface area (Å²) in [6.07, 6.45) is 0.767. The molecule has 0 radical (unpaired) electrons. The van der Waals surface area contributed by atoms with Crippen molar-refractivity contribution < 1.29 is 17.9 Å². The molecule has 0 bridgehead atoms. The molecule has 0 aromatic heterocycles. The number of nitrogens with zero attached hydrogens (tertiary/aromatic N) is 1. The SMILES string of the molecule is Cc1ccc(S(=O)(=O)NC2CCN(C(=O)OC(C)(C)C)CC2)c2ccccc12.